The molecule has 0 atom stereocenters. The lowest BCUT2D eigenvalue weighted by Crippen LogP contribution is -2.11. The third-order valence-corrected chi connectivity index (χ3v) is 2.92. The number of nitrogens with zero attached hydrogens (tertiary/aromatic N) is 1. The summed E-state index contributed by atoms with van der Waals surface area (Å²) in [6, 6.07) is 8.51. The maximum absolute atomic E-state index is 9.11. The molecular weight excluding hydrogens is 224 g/mol. The van der Waals surface area contributed by atoms with Crippen LogP contribution in [0.25, 0.3) is 5.57 Å². The first-order valence-electron chi connectivity index (χ1n) is 6.28. The Bertz CT molecular complexity index is 498. The van der Waals surface area contributed by atoms with Crippen molar-refractivity contribution >= 4 is 11.3 Å². The summed E-state index contributed by atoms with van der Waals surface area (Å²) in [5, 5.41) is 12.4. The Kier molecular flexibility index (Phi) is 4.01. The molecule has 1 aromatic rings. The molecule has 0 aromatic heterocycles. The van der Waals surface area contributed by atoms with Gasteiger partial charge in [0.25, 0.3) is 0 Å². The number of rotatable bonds is 3. The van der Waals surface area contributed by atoms with Gasteiger partial charge in [-0.1, -0.05) is 12.1 Å². The summed E-state index contributed by atoms with van der Waals surface area (Å²) in [5.41, 5.74) is 4.09. The van der Waals surface area contributed by atoms with Crippen molar-refractivity contribution in [2.24, 2.45) is 0 Å². The molecule has 1 aliphatic heterocycles. The zero-order chi connectivity index (χ0) is 13.0. The van der Waals surface area contributed by atoms with E-state index in [0.29, 0.717) is 18.2 Å². The normalized spacial score (nSPS) is 15.1. The topological polar surface area (TPSA) is 45.0 Å². The van der Waals surface area contributed by atoms with Gasteiger partial charge in [-0.3, -0.25) is 0 Å². The van der Waals surface area contributed by atoms with Gasteiger partial charge in [0, 0.05) is 6.04 Å². The standard InChI is InChI=1S/C15H18N2O/c1-11(2)17-15-9-13(3-4-14(15)10-16)12-5-7-18-8-6-12/h3-5,9,11,17H,6-8H2,1-2H3. The van der Waals surface area contributed by atoms with Crippen LogP contribution in [-0.2, 0) is 4.74 Å². The van der Waals surface area contributed by atoms with Crippen molar-refractivity contribution in [1.29, 1.82) is 5.26 Å². The van der Waals surface area contributed by atoms with Crippen molar-refractivity contribution in [2.75, 3.05) is 18.5 Å². The molecule has 0 spiro atoms. The molecule has 1 heterocycles. The average molecular weight is 242 g/mol. The molecule has 0 unspecified atom stereocenters. The molecule has 0 fully saturated rings. The van der Waals surface area contributed by atoms with Crippen molar-refractivity contribution in [3.05, 3.63) is 35.4 Å². The molecule has 3 nitrogen and oxygen atoms in total. The van der Waals surface area contributed by atoms with Crippen LogP contribution in [0.4, 0.5) is 5.69 Å². The van der Waals surface area contributed by atoms with E-state index < -0.39 is 0 Å². The van der Waals surface area contributed by atoms with Crippen LogP contribution in [0.1, 0.15) is 31.4 Å². The summed E-state index contributed by atoms with van der Waals surface area (Å²) in [6.07, 6.45) is 3.05. The number of hydrogen-bond acceptors (Lipinski definition) is 3. The average Bonchev–Trinajstić information content (AvgIpc) is 2.39. The van der Waals surface area contributed by atoms with Crippen LogP contribution >= 0.6 is 0 Å². The molecule has 1 aromatic carbocycles. The molecular formula is C15H18N2O. The lowest BCUT2D eigenvalue weighted by atomic mass is 9.99. The minimum atomic E-state index is 0.316. The Hall–Kier alpha value is -1.79. The number of benzene rings is 1. The largest absolute Gasteiger partial charge is 0.382 e. The van der Waals surface area contributed by atoms with Crippen molar-refractivity contribution in [1.82, 2.24) is 0 Å². The predicted octanol–water partition coefficient (Wildman–Crippen LogP) is 3.18. The van der Waals surface area contributed by atoms with Crippen LogP contribution in [0.5, 0.6) is 0 Å². The van der Waals surface area contributed by atoms with Gasteiger partial charge in [0.15, 0.2) is 0 Å². The third-order valence-electron chi connectivity index (χ3n) is 2.92. The fourth-order valence-electron chi connectivity index (χ4n) is 2.06. The van der Waals surface area contributed by atoms with Crippen molar-refractivity contribution in [3.8, 4) is 6.07 Å². The van der Waals surface area contributed by atoms with E-state index in [9.17, 15) is 0 Å². The van der Waals surface area contributed by atoms with Gasteiger partial charge in [0.05, 0.1) is 24.5 Å². The van der Waals surface area contributed by atoms with Crippen molar-refractivity contribution in [2.45, 2.75) is 26.3 Å². The maximum Gasteiger partial charge on any atom is 0.101 e. The van der Waals surface area contributed by atoms with E-state index in [4.69, 9.17) is 10.00 Å². The number of anilines is 1. The second-order valence-electron chi connectivity index (χ2n) is 4.73. The minimum absolute atomic E-state index is 0.316. The van der Waals surface area contributed by atoms with Crippen LogP contribution in [0, 0.1) is 11.3 Å². The fourth-order valence-corrected chi connectivity index (χ4v) is 2.06. The van der Waals surface area contributed by atoms with Crippen molar-refractivity contribution in [3.63, 3.8) is 0 Å². The highest BCUT2D eigenvalue weighted by Crippen LogP contribution is 2.26. The maximum atomic E-state index is 9.11. The van der Waals surface area contributed by atoms with Crippen LogP contribution < -0.4 is 5.32 Å². The van der Waals surface area contributed by atoms with Gasteiger partial charge in [-0.15, -0.1) is 0 Å². The molecule has 2 rings (SSSR count). The number of nitriles is 1. The molecule has 1 N–H and O–H groups in total. The van der Waals surface area contributed by atoms with E-state index in [1.54, 1.807) is 0 Å². The third kappa shape index (κ3) is 2.91. The van der Waals surface area contributed by atoms with Crippen LogP contribution in [0.3, 0.4) is 0 Å². The second-order valence-corrected chi connectivity index (χ2v) is 4.73. The summed E-state index contributed by atoms with van der Waals surface area (Å²) in [4.78, 5) is 0. The van der Waals surface area contributed by atoms with Gasteiger partial charge in [-0.2, -0.15) is 5.26 Å². The number of ether oxygens (including phenoxy) is 1. The van der Waals surface area contributed by atoms with E-state index in [0.717, 1.165) is 18.7 Å². The van der Waals surface area contributed by atoms with E-state index >= 15 is 0 Å². The highest BCUT2D eigenvalue weighted by Gasteiger charge is 2.10. The Morgan fingerprint density at radius 2 is 2.22 bits per heavy atom. The molecule has 0 aliphatic carbocycles. The molecule has 3 heteroatoms. The first kappa shape index (κ1) is 12.7. The Morgan fingerprint density at radius 3 is 2.83 bits per heavy atom. The van der Waals surface area contributed by atoms with E-state index in [2.05, 4.69) is 37.4 Å². The van der Waals surface area contributed by atoms with Gasteiger partial charge >= 0.3 is 0 Å². The summed E-state index contributed by atoms with van der Waals surface area (Å²) < 4.78 is 5.32. The summed E-state index contributed by atoms with van der Waals surface area (Å²) in [6.45, 7) is 5.60. The summed E-state index contributed by atoms with van der Waals surface area (Å²) in [7, 11) is 0. The Morgan fingerprint density at radius 1 is 1.39 bits per heavy atom. The number of hydrogen-bond donors (Lipinski definition) is 1. The van der Waals surface area contributed by atoms with Crippen LogP contribution in [-0.4, -0.2) is 19.3 Å². The van der Waals surface area contributed by atoms with Gasteiger partial charge in [0.1, 0.15) is 6.07 Å². The predicted molar refractivity (Wildman–Crippen MR) is 73.3 cm³/mol. The van der Waals surface area contributed by atoms with E-state index in [-0.39, 0.29) is 0 Å². The fraction of sp³-hybridized carbons (Fsp3) is 0.400. The SMILES string of the molecule is CC(C)Nc1cc(C2=CCOCC2)ccc1C#N. The van der Waals surface area contributed by atoms with E-state index in [1.807, 2.05) is 12.1 Å². The summed E-state index contributed by atoms with van der Waals surface area (Å²) >= 11 is 0. The van der Waals surface area contributed by atoms with Crippen molar-refractivity contribution < 1.29 is 4.74 Å². The van der Waals surface area contributed by atoms with Crippen LogP contribution in [0.15, 0.2) is 24.3 Å². The highest BCUT2D eigenvalue weighted by molar-refractivity contribution is 5.72. The first-order valence-corrected chi connectivity index (χ1v) is 6.28. The minimum Gasteiger partial charge on any atom is -0.382 e. The monoisotopic (exact) mass is 242 g/mol. The van der Waals surface area contributed by atoms with Gasteiger partial charge in [-0.25, -0.2) is 0 Å². The quantitative estimate of drug-likeness (QED) is 0.885. The van der Waals surface area contributed by atoms with E-state index in [1.165, 1.54) is 11.1 Å². The second kappa shape index (κ2) is 5.70. The van der Waals surface area contributed by atoms with Crippen LogP contribution in [0.2, 0.25) is 0 Å². The van der Waals surface area contributed by atoms with Gasteiger partial charge < -0.3 is 10.1 Å². The molecule has 1 aliphatic rings. The molecule has 0 radical (unpaired) electrons. The number of nitrogens with one attached hydrogen (secondary N) is 1. The zero-order valence-corrected chi connectivity index (χ0v) is 10.9. The molecule has 0 amide bonds. The first-order chi connectivity index (χ1) is 8.70. The molecule has 0 bridgehead atoms. The molecule has 0 saturated heterocycles. The summed E-state index contributed by atoms with van der Waals surface area (Å²) in [5.74, 6) is 0. The van der Waals surface area contributed by atoms with Gasteiger partial charge in [-0.05, 0) is 43.5 Å². The Labute approximate surface area is 108 Å². The molecule has 18 heavy (non-hydrogen) atoms. The van der Waals surface area contributed by atoms with Gasteiger partial charge in [0.2, 0.25) is 0 Å². The lowest BCUT2D eigenvalue weighted by molar-refractivity contribution is 0.161. The molecule has 94 valence electrons. The molecule has 0 saturated carbocycles. The smallest absolute Gasteiger partial charge is 0.101 e. The zero-order valence-electron chi connectivity index (χ0n) is 10.9. The Balaban J connectivity index is 2.33. The lowest BCUT2D eigenvalue weighted by Gasteiger charge is -2.17. The highest BCUT2D eigenvalue weighted by atomic mass is 16.5.